The fraction of sp³-hybridized carbons (Fsp3) is 0.217. The zero-order chi connectivity index (χ0) is 23.4. The summed E-state index contributed by atoms with van der Waals surface area (Å²) in [6, 6.07) is 8.99. The van der Waals surface area contributed by atoms with Gasteiger partial charge in [0, 0.05) is 0 Å². The topological polar surface area (TPSA) is 122 Å². The molecule has 1 aliphatic heterocycles. The maximum Gasteiger partial charge on any atom is 0.341 e. The highest BCUT2D eigenvalue weighted by atomic mass is 16.5. The Hall–Kier alpha value is -4.14. The van der Waals surface area contributed by atoms with Gasteiger partial charge in [-0.25, -0.2) is 14.5 Å². The van der Waals surface area contributed by atoms with Crippen molar-refractivity contribution in [3.63, 3.8) is 0 Å². The van der Waals surface area contributed by atoms with E-state index in [1.54, 1.807) is 25.1 Å². The van der Waals surface area contributed by atoms with E-state index in [1.807, 2.05) is 19.9 Å². The number of aryl methyl sites for hydroxylation is 2. The summed E-state index contributed by atoms with van der Waals surface area (Å²) in [6.07, 6.45) is 1.34. The van der Waals surface area contributed by atoms with Crippen molar-refractivity contribution in [2.45, 2.75) is 20.8 Å². The minimum atomic E-state index is -1.14. The number of benzene rings is 2. The van der Waals surface area contributed by atoms with E-state index in [-0.39, 0.29) is 23.7 Å². The first-order chi connectivity index (χ1) is 15.2. The van der Waals surface area contributed by atoms with E-state index in [0.29, 0.717) is 11.3 Å². The van der Waals surface area contributed by atoms with Crippen LogP contribution in [0.2, 0.25) is 0 Å². The molecule has 4 amide bonds. The van der Waals surface area contributed by atoms with Crippen LogP contribution in [0.3, 0.4) is 0 Å². The summed E-state index contributed by atoms with van der Waals surface area (Å²) in [5.74, 6) is -2.24. The molecule has 9 heteroatoms. The second kappa shape index (κ2) is 9.34. The maximum absolute atomic E-state index is 13.1. The number of barbiturate groups is 1. The Balaban J connectivity index is 1.98. The molecule has 2 aromatic carbocycles. The lowest BCUT2D eigenvalue weighted by atomic mass is 10.0. The van der Waals surface area contributed by atoms with E-state index in [0.717, 1.165) is 16.0 Å². The van der Waals surface area contributed by atoms with E-state index < -0.39 is 30.4 Å². The van der Waals surface area contributed by atoms with Gasteiger partial charge in [-0.1, -0.05) is 12.1 Å². The molecule has 166 valence electrons. The van der Waals surface area contributed by atoms with Crippen molar-refractivity contribution >= 4 is 35.6 Å². The van der Waals surface area contributed by atoms with Gasteiger partial charge >= 0.3 is 12.0 Å². The van der Waals surface area contributed by atoms with Crippen molar-refractivity contribution in [1.82, 2.24) is 5.32 Å². The number of hydrogen-bond acceptors (Lipinski definition) is 6. The molecule has 0 radical (unpaired) electrons. The van der Waals surface area contributed by atoms with Crippen LogP contribution in [0.5, 0.6) is 11.5 Å². The van der Waals surface area contributed by atoms with E-state index in [2.05, 4.69) is 5.32 Å². The summed E-state index contributed by atoms with van der Waals surface area (Å²) in [4.78, 5) is 49.6. The molecule has 1 heterocycles. The Morgan fingerprint density at radius 2 is 1.72 bits per heavy atom. The third-order valence-electron chi connectivity index (χ3n) is 4.50. The Morgan fingerprint density at radius 3 is 2.34 bits per heavy atom. The normalized spacial score (nSPS) is 15.0. The number of carbonyl (C=O) groups excluding carboxylic acids is 3. The molecular formula is C23H22N2O7. The first-order valence-electron chi connectivity index (χ1n) is 9.80. The molecule has 0 bridgehead atoms. The van der Waals surface area contributed by atoms with Crippen molar-refractivity contribution in [3.8, 4) is 11.5 Å². The molecule has 2 aromatic rings. The Morgan fingerprint density at radius 1 is 1.03 bits per heavy atom. The quantitative estimate of drug-likeness (QED) is 0.503. The monoisotopic (exact) mass is 438 g/mol. The van der Waals surface area contributed by atoms with Gasteiger partial charge in [-0.2, -0.15) is 0 Å². The Bertz CT molecular complexity index is 1120. The summed E-state index contributed by atoms with van der Waals surface area (Å²) < 4.78 is 10.7. The van der Waals surface area contributed by atoms with Crippen LogP contribution in [-0.4, -0.2) is 42.1 Å². The molecule has 1 aliphatic rings. The van der Waals surface area contributed by atoms with Crippen LogP contribution in [-0.2, 0) is 14.4 Å². The smallest absolute Gasteiger partial charge is 0.341 e. The molecule has 0 saturated carbocycles. The van der Waals surface area contributed by atoms with E-state index >= 15 is 0 Å². The first-order valence-corrected chi connectivity index (χ1v) is 9.80. The summed E-state index contributed by atoms with van der Waals surface area (Å²) in [5.41, 5.74) is 2.29. The number of rotatable bonds is 7. The molecule has 0 spiro atoms. The second-order valence-corrected chi connectivity index (χ2v) is 7.13. The van der Waals surface area contributed by atoms with Gasteiger partial charge in [-0.15, -0.1) is 0 Å². The van der Waals surface area contributed by atoms with Gasteiger partial charge < -0.3 is 14.6 Å². The van der Waals surface area contributed by atoms with Crippen molar-refractivity contribution in [2.75, 3.05) is 18.1 Å². The van der Waals surface area contributed by atoms with Gasteiger partial charge in [-0.05, 0) is 67.8 Å². The fourth-order valence-electron chi connectivity index (χ4n) is 3.28. The molecular weight excluding hydrogens is 416 g/mol. The number of nitrogens with zero attached hydrogens (tertiary/aromatic N) is 1. The van der Waals surface area contributed by atoms with Gasteiger partial charge in [0.25, 0.3) is 11.8 Å². The van der Waals surface area contributed by atoms with Gasteiger partial charge in [0.1, 0.15) is 5.57 Å². The molecule has 1 saturated heterocycles. The number of anilines is 1. The van der Waals surface area contributed by atoms with E-state index in [9.17, 15) is 19.2 Å². The van der Waals surface area contributed by atoms with Crippen LogP contribution >= 0.6 is 0 Å². The summed E-state index contributed by atoms with van der Waals surface area (Å²) >= 11 is 0. The number of ether oxygens (including phenoxy) is 2. The van der Waals surface area contributed by atoms with Crippen molar-refractivity contribution in [2.24, 2.45) is 0 Å². The molecule has 2 N–H and O–H groups in total. The molecule has 9 nitrogen and oxygen atoms in total. The van der Waals surface area contributed by atoms with Crippen molar-refractivity contribution in [3.05, 3.63) is 58.7 Å². The van der Waals surface area contributed by atoms with Gasteiger partial charge in [0.15, 0.2) is 18.1 Å². The maximum atomic E-state index is 13.1. The predicted octanol–water partition coefficient (Wildman–Crippen LogP) is 2.83. The highest BCUT2D eigenvalue weighted by Crippen LogP contribution is 2.30. The zero-order valence-corrected chi connectivity index (χ0v) is 17.8. The third-order valence-corrected chi connectivity index (χ3v) is 4.50. The largest absolute Gasteiger partial charge is 0.490 e. The molecule has 0 unspecified atom stereocenters. The van der Waals surface area contributed by atoms with Gasteiger partial charge in [0.2, 0.25) is 0 Å². The lowest BCUT2D eigenvalue weighted by molar-refractivity contribution is -0.139. The highest BCUT2D eigenvalue weighted by Gasteiger charge is 2.37. The third kappa shape index (κ3) is 4.94. The number of imide groups is 2. The van der Waals surface area contributed by atoms with Crippen LogP contribution in [0.4, 0.5) is 10.5 Å². The summed E-state index contributed by atoms with van der Waals surface area (Å²) in [6.45, 7) is 5.17. The Kier molecular flexibility index (Phi) is 6.58. The number of carbonyl (C=O) groups is 4. The summed E-state index contributed by atoms with van der Waals surface area (Å²) in [5, 5.41) is 11.0. The van der Waals surface area contributed by atoms with Gasteiger partial charge in [0.05, 0.1) is 12.3 Å². The first kappa shape index (κ1) is 22.5. The average molecular weight is 438 g/mol. The second-order valence-electron chi connectivity index (χ2n) is 7.13. The minimum absolute atomic E-state index is 0.211. The molecule has 0 aromatic heterocycles. The van der Waals surface area contributed by atoms with E-state index in [4.69, 9.17) is 14.6 Å². The zero-order valence-electron chi connectivity index (χ0n) is 17.8. The highest BCUT2D eigenvalue weighted by molar-refractivity contribution is 6.39. The lowest BCUT2D eigenvalue weighted by Gasteiger charge is -2.27. The molecule has 32 heavy (non-hydrogen) atoms. The van der Waals surface area contributed by atoms with Crippen molar-refractivity contribution in [1.29, 1.82) is 0 Å². The SMILES string of the molecule is CCOc1cc(C=C2C(=O)NC(=O)N(c3cc(C)cc(C)c3)C2=O)ccc1OCC(=O)O. The fourth-order valence-corrected chi connectivity index (χ4v) is 3.28. The van der Waals surface area contributed by atoms with Crippen LogP contribution in [0, 0.1) is 13.8 Å². The number of urea groups is 1. The predicted molar refractivity (Wildman–Crippen MR) is 116 cm³/mol. The van der Waals surface area contributed by atoms with Crippen LogP contribution in [0.1, 0.15) is 23.6 Å². The number of nitrogens with one attached hydrogen (secondary N) is 1. The number of aliphatic carboxylic acids is 1. The average Bonchev–Trinajstić information content (AvgIpc) is 2.69. The summed E-state index contributed by atoms with van der Waals surface area (Å²) in [7, 11) is 0. The molecule has 1 fully saturated rings. The molecule has 3 rings (SSSR count). The van der Waals surface area contributed by atoms with Crippen LogP contribution in [0.25, 0.3) is 6.08 Å². The standard InChI is InChI=1S/C23H22N2O7/c1-4-31-19-11-15(5-6-18(19)32-12-20(26)27)10-17-21(28)24-23(30)25(22(17)29)16-8-13(2)7-14(3)9-16/h5-11H,4,12H2,1-3H3,(H,26,27)(H,24,28,30). The minimum Gasteiger partial charge on any atom is -0.490 e. The molecule has 0 atom stereocenters. The number of carboxylic acids is 1. The number of carboxylic acid groups (broad SMARTS) is 1. The van der Waals surface area contributed by atoms with Crippen molar-refractivity contribution < 1.29 is 33.8 Å². The number of hydrogen-bond donors (Lipinski definition) is 2. The van der Waals surface area contributed by atoms with Gasteiger partial charge in [-0.3, -0.25) is 14.9 Å². The lowest BCUT2D eigenvalue weighted by Crippen LogP contribution is -2.54. The Labute approximate surface area is 184 Å². The number of amides is 4. The van der Waals surface area contributed by atoms with Crippen LogP contribution in [0.15, 0.2) is 42.0 Å². The van der Waals surface area contributed by atoms with E-state index in [1.165, 1.54) is 18.2 Å². The van der Waals surface area contributed by atoms with Crippen LogP contribution < -0.4 is 19.7 Å². The molecule has 0 aliphatic carbocycles.